The maximum absolute atomic E-state index is 14.2. The van der Waals surface area contributed by atoms with E-state index in [-0.39, 0.29) is 17.8 Å². The zero-order valence-electron chi connectivity index (χ0n) is 17.6. The van der Waals surface area contributed by atoms with Crippen molar-refractivity contribution in [2.45, 2.75) is 69.9 Å². The van der Waals surface area contributed by atoms with Gasteiger partial charge in [0, 0.05) is 12.0 Å². The van der Waals surface area contributed by atoms with Gasteiger partial charge >= 0.3 is 0 Å². The first-order valence-electron chi connectivity index (χ1n) is 11.3. The topological polar surface area (TPSA) is 23.5 Å². The third-order valence-corrected chi connectivity index (χ3v) is 7.27. The van der Waals surface area contributed by atoms with Gasteiger partial charge in [0.1, 0.15) is 5.82 Å². The highest BCUT2D eigenvalue weighted by atomic mass is 19.1. The molecule has 1 aliphatic heterocycles. The molecule has 1 N–H and O–H groups in total. The van der Waals surface area contributed by atoms with Crippen LogP contribution in [0.2, 0.25) is 0 Å². The Kier molecular flexibility index (Phi) is 6.36. The van der Waals surface area contributed by atoms with Crippen molar-refractivity contribution in [3.63, 3.8) is 0 Å². The Morgan fingerprint density at radius 3 is 2.52 bits per heavy atom. The van der Waals surface area contributed by atoms with Crippen LogP contribution < -0.4 is 0 Å². The molecule has 3 atom stereocenters. The van der Waals surface area contributed by atoms with Crippen LogP contribution >= 0.6 is 0 Å². The molecule has 0 amide bonds. The van der Waals surface area contributed by atoms with E-state index in [0.717, 1.165) is 37.9 Å². The first kappa shape index (κ1) is 20.6. The zero-order valence-corrected chi connectivity index (χ0v) is 17.6. The highest BCUT2D eigenvalue weighted by Gasteiger charge is 2.45. The lowest BCUT2D eigenvalue weighted by Crippen LogP contribution is -2.48. The molecule has 1 saturated heterocycles. The summed E-state index contributed by atoms with van der Waals surface area (Å²) in [5.41, 5.74) is 2.66. The van der Waals surface area contributed by atoms with E-state index in [1.807, 2.05) is 12.1 Å². The molecule has 2 nitrogen and oxygen atoms in total. The molecule has 0 bridgehead atoms. The summed E-state index contributed by atoms with van der Waals surface area (Å²) in [4.78, 5) is 2.60. The van der Waals surface area contributed by atoms with Crippen molar-refractivity contribution in [2.24, 2.45) is 5.92 Å². The van der Waals surface area contributed by atoms with Crippen LogP contribution in [0.15, 0.2) is 48.5 Å². The van der Waals surface area contributed by atoms with Crippen molar-refractivity contribution < 1.29 is 9.50 Å². The van der Waals surface area contributed by atoms with Crippen LogP contribution in [0.1, 0.15) is 67.7 Å². The van der Waals surface area contributed by atoms with Crippen LogP contribution in [0, 0.1) is 18.7 Å². The maximum atomic E-state index is 14.2. The lowest BCUT2D eigenvalue weighted by atomic mass is 9.67. The van der Waals surface area contributed by atoms with Gasteiger partial charge in [-0.3, -0.25) is 4.90 Å². The molecular weight excluding hydrogens is 361 g/mol. The third-order valence-electron chi connectivity index (χ3n) is 7.27. The summed E-state index contributed by atoms with van der Waals surface area (Å²) in [6.07, 6.45) is 7.81. The fourth-order valence-corrected chi connectivity index (χ4v) is 5.67. The lowest BCUT2D eigenvalue weighted by molar-refractivity contribution is -0.0863. The normalized spacial score (nSPS) is 26.5. The third kappa shape index (κ3) is 4.41. The largest absolute Gasteiger partial charge is 0.390 e. The van der Waals surface area contributed by atoms with Crippen molar-refractivity contribution in [3.05, 3.63) is 71.0 Å². The minimum absolute atomic E-state index is 0.154. The smallest absolute Gasteiger partial charge is 0.126 e. The molecule has 1 aliphatic carbocycles. The standard InChI is InChI=1S/C26H34FNO/c1-20-10-2-4-12-22(20)25(28-18-8-9-19-28)23-13-6-7-16-26(23,29)17-15-21-11-3-5-14-24(21)27/h2-5,10-12,14,23,25,29H,6-9,13,15-19H2,1H3. The molecule has 2 aromatic rings. The second-order valence-electron chi connectivity index (χ2n) is 9.09. The molecule has 3 heteroatoms. The Morgan fingerprint density at radius 2 is 1.76 bits per heavy atom. The number of benzene rings is 2. The van der Waals surface area contributed by atoms with Crippen molar-refractivity contribution in [1.82, 2.24) is 4.90 Å². The molecule has 0 spiro atoms. The minimum Gasteiger partial charge on any atom is -0.390 e. The Bertz CT molecular complexity index is 816. The number of likely N-dealkylation sites (tertiary alicyclic amines) is 1. The van der Waals surface area contributed by atoms with Crippen molar-refractivity contribution in [1.29, 1.82) is 0 Å². The van der Waals surface area contributed by atoms with Gasteiger partial charge in [-0.1, -0.05) is 55.3 Å². The van der Waals surface area contributed by atoms with E-state index in [1.54, 1.807) is 6.07 Å². The quantitative estimate of drug-likeness (QED) is 0.666. The number of rotatable bonds is 6. The lowest BCUT2D eigenvalue weighted by Gasteiger charge is -2.47. The zero-order chi connectivity index (χ0) is 20.3. The molecule has 4 rings (SSSR count). The van der Waals surface area contributed by atoms with E-state index >= 15 is 0 Å². The van der Waals surface area contributed by atoms with Gasteiger partial charge in [0.05, 0.1) is 5.60 Å². The summed E-state index contributed by atoms with van der Waals surface area (Å²) >= 11 is 0. The van der Waals surface area contributed by atoms with Crippen LogP contribution in [0.4, 0.5) is 4.39 Å². The number of halogens is 1. The summed E-state index contributed by atoms with van der Waals surface area (Å²) in [5, 5.41) is 11.9. The molecule has 156 valence electrons. The summed E-state index contributed by atoms with van der Waals surface area (Å²) in [7, 11) is 0. The van der Waals surface area contributed by atoms with Crippen LogP contribution in [0.3, 0.4) is 0 Å². The van der Waals surface area contributed by atoms with E-state index in [2.05, 4.69) is 36.1 Å². The van der Waals surface area contributed by atoms with Crippen molar-refractivity contribution in [3.8, 4) is 0 Å². The average Bonchev–Trinajstić information content (AvgIpc) is 3.25. The Morgan fingerprint density at radius 1 is 1.03 bits per heavy atom. The number of hydrogen-bond acceptors (Lipinski definition) is 2. The predicted molar refractivity (Wildman–Crippen MR) is 116 cm³/mol. The summed E-state index contributed by atoms with van der Waals surface area (Å²) in [6.45, 7) is 4.41. The number of aliphatic hydroxyl groups is 1. The van der Waals surface area contributed by atoms with Gasteiger partial charge in [0.2, 0.25) is 0 Å². The molecular formula is C26H34FNO. The van der Waals surface area contributed by atoms with Gasteiger partial charge < -0.3 is 5.11 Å². The van der Waals surface area contributed by atoms with Gasteiger partial charge in [0.25, 0.3) is 0 Å². The van der Waals surface area contributed by atoms with E-state index < -0.39 is 5.60 Å². The SMILES string of the molecule is Cc1ccccc1C(C1CCCCC1(O)CCc1ccccc1F)N1CCCC1. The second kappa shape index (κ2) is 8.97. The first-order chi connectivity index (χ1) is 14.1. The Balaban J connectivity index is 1.64. The second-order valence-corrected chi connectivity index (χ2v) is 9.09. The molecule has 0 aromatic heterocycles. The molecule has 2 aliphatic rings. The van der Waals surface area contributed by atoms with Crippen LogP contribution in [-0.2, 0) is 6.42 Å². The monoisotopic (exact) mass is 395 g/mol. The Labute approximate surface area is 174 Å². The molecule has 2 aromatic carbocycles. The summed E-state index contributed by atoms with van der Waals surface area (Å²) in [5.74, 6) is 0.0423. The van der Waals surface area contributed by atoms with Gasteiger partial charge in [-0.05, 0) is 81.3 Å². The number of aryl methyl sites for hydroxylation is 2. The van der Waals surface area contributed by atoms with Crippen LogP contribution in [0.25, 0.3) is 0 Å². The summed E-state index contributed by atoms with van der Waals surface area (Å²) < 4.78 is 14.2. The fourth-order valence-electron chi connectivity index (χ4n) is 5.67. The maximum Gasteiger partial charge on any atom is 0.126 e. The highest BCUT2D eigenvalue weighted by molar-refractivity contribution is 5.30. The number of hydrogen-bond donors (Lipinski definition) is 1. The van der Waals surface area contributed by atoms with E-state index in [4.69, 9.17) is 0 Å². The van der Waals surface area contributed by atoms with Gasteiger partial charge in [-0.15, -0.1) is 0 Å². The van der Waals surface area contributed by atoms with E-state index in [0.29, 0.717) is 12.8 Å². The van der Waals surface area contributed by atoms with Crippen LogP contribution in [-0.4, -0.2) is 28.7 Å². The molecule has 2 fully saturated rings. The molecule has 29 heavy (non-hydrogen) atoms. The van der Waals surface area contributed by atoms with Gasteiger partial charge in [0.15, 0.2) is 0 Å². The fraction of sp³-hybridized carbons (Fsp3) is 0.538. The van der Waals surface area contributed by atoms with Crippen LogP contribution in [0.5, 0.6) is 0 Å². The molecule has 3 unspecified atom stereocenters. The summed E-state index contributed by atoms with van der Waals surface area (Å²) in [6, 6.07) is 15.9. The first-order valence-corrected chi connectivity index (χ1v) is 11.3. The van der Waals surface area contributed by atoms with Gasteiger partial charge in [-0.25, -0.2) is 4.39 Å². The number of nitrogens with zero attached hydrogens (tertiary/aromatic N) is 1. The van der Waals surface area contributed by atoms with Crippen molar-refractivity contribution >= 4 is 0 Å². The predicted octanol–water partition coefficient (Wildman–Crippen LogP) is 5.83. The van der Waals surface area contributed by atoms with Gasteiger partial charge in [-0.2, -0.15) is 0 Å². The minimum atomic E-state index is -0.740. The molecule has 0 radical (unpaired) electrons. The average molecular weight is 396 g/mol. The molecule has 1 saturated carbocycles. The van der Waals surface area contributed by atoms with Crippen molar-refractivity contribution in [2.75, 3.05) is 13.1 Å². The molecule has 1 heterocycles. The Hall–Kier alpha value is -1.71. The highest BCUT2D eigenvalue weighted by Crippen LogP contribution is 2.47. The van der Waals surface area contributed by atoms with E-state index in [1.165, 1.54) is 36.5 Å². The van der Waals surface area contributed by atoms with E-state index in [9.17, 15) is 9.50 Å².